The van der Waals surface area contributed by atoms with E-state index in [1.165, 1.54) is 15.5 Å². The number of hydrogen-bond donors (Lipinski definition) is 0. The molecule has 0 aliphatic rings. The van der Waals surface area contributed by atoms with Gasteiger partial charge in [-0.2, -0.15) is 0 Å². The minimum atomic E-state index is 0.820. The third-order valence-electron chi connectivity index (χ3n) is 8.01. The molecule has 0 spiro atoms. The fourth-order valence-corrected chi connectivity index (χ4v) is 6.73. The maximum Gasteiger partial charge on any atom is 0.124 e. The summed E-state index contributed by atoms with van der Waals surface area (Å²) in [5, 5.41) is 3.41. The summed E-state index contributed by atoms with van der Waals surface area (Å²) in [5.41, 5.74) is 10.5. The fourth-order valence-electron chi connectivity index (χ4n) is 5.77. The van der Waals surface area contributed by atoms with Crippen molar-refractivity contribution < 1.29 is 0 Å². The Kier molecular flexibility index (Phi) is 7.06. The highest BCUT2D eigenvalue weighted by Gasteiger charge is 2.18. The van der Waals surface area contributed by atoms with Gasteiger partial charge in [0.15, 0.2) is 0 Å². The van der Waals surface area contributed by atoms with Gasteiger partial charge in [0.05, 0.1) is 26.9 Å². The predicted molar refractivity (Wildman–Crippen MR) is 186 cm³/mol. The van der Waals surface area contributed by atoms with Crippen LogP contribution in [0.1, 0.15) is 31.4 Å². The third-order valence-corrected chi connectivity index (χ3v) is 9.09. The van der Waals surface area contributed by atoms with Crippen LogP contribution in [0.25, 0.3) is 54.0 Å². The molecule has 0 bridgehead atoms. The van der Waals surface area contributed by atoms with Crippen molar-refractivity contribution in [3.63, 3.8) is 0 Å². The SMILES string of the molecule is C=C(/C(C)=C(\N=C(/CC)c1ccccc1)c1ccccc1)n1c2ccccc2c2ccc(-c3nc4ccccc4s3)cc21. The average Bonchev–Trinajstić information content (AvgIpc) is 3.65. The minimum Gasteiger partial charge on any atom is -0.309 e. The summed E-state index contributed by atoms with van der Waals surface area (Å²) < 4.78 is 3.49. The van der Waals surface area contributed by atoms with E-state index < -0.39 is 0 Å². The monoisotopic (exact) mass is 573 g/mol. The smallest absolute Gasteiger partial charge is 0.124 e. The van der Waals surface area contributed by atoms with E-state index in [1.807, 2.05) is 18.2 Å². The van der Waals surface area contributed by atoms with Crippen LogP contribution in [-0.2, 0) is 0 Å². The zero-order chi connectivity index (χ0) is 29.3. The van der Waals surface area contributed by atoms with E-state index in [1.54, 1.807) is 11.3 Å². The van der Waals surface area contributed by atoms with E-state index in [2.05, 4.69) is 128 Å². The summed E-state index contributed by atoms with van der Waals surface area (Å²) >= 11 is 1.73. The second-order valence-corrected chi connectivity index (χ2v) is 11.7. The Hall–Kier alpha value is -5.06. The molecule has 208 valence electrons. The van der Waals surface area contributed by atoms with Gasteiger partial charge in [-0.05, 0) is 48.7 Å². The molecule has 0 atom stereocenters. The molecule has 43 heavy (non-hydrogen) atoms. The quantitative estimate of drug-likeness (QED) is 0.138. The molecule has 7 aromatic rings. The van der Waals surface area contributed by atoms with Crippen molar-refractivity contribution in [2.45, 2.75) is 20.3 Å². The first-order valence-corrected chi connectivity index (χ1v) is 15.4. The van der Waals surface area contributed by atoms with Crippen LogP contribution in [0.2, 0.25) is 0 Å². The Morgan fingerprint density at radius 2 is 1.40 bits per heavy atom. The molecule has 0 aliphatic carbocycles. The zero-order valence-electron chi connectivity index (χ0n) is 24.3. The number of thiazole rings is 1. The van der Waals surface area contributed by atoms with Crippen LogP contribution >= 0.6 is 11.3 Å². The maximum atomic E-state index is 5.33. The first-order valence-electron chi connectivity index (χ1n) is 14.6. The van der Waals surface area contributed by atoms with Gasteiger partial charge in [-0.3, -0.25) is 4.99 Å². The second-order valence-electron chi connectivity index (χ2n) is 10.6. The molecule has 3 nitrogen and oxygen atoms in total. The molecular weight excluding hydrogens is 543 g/mol. The largest absolute Gasteiger partial charge is 0.309 e. The molecule has 0 fully saturated rings. The van der Waals surface area contributed by atoms with Crippen molar-refractivity contribution in [1.82, 2.24) is 9.55 Å². The van der Waals surface area contributed by atoms with Gasteiger partial charge in [-0.25, -0.2) is 4.98 Å². The Morgan fingerprint density at radius 1 is 0.744 bits per heavy atom. The highest BCUT2D eigenvalue weighted by Crippen LogP contribution is 2.39. The van der Waals surface area contributed by atoms with E-state index in [0.29, 0.717) is 0 Å². The van der Waals surface area contributed by atoms with Crippen molar-refractivity contribution in [1.29, 1.82) is 0 Å². The number of aromatic nitrogens is 2. The Morgan fingerprint density at radius 3 is 2.14 bits per heavy atom. The molecular formula is C39H31N3S. The van der Waals surface area contributed by atoms with Gasteiger partial charge in [0.1, 0.15) is 5.01 Å². The number of benzene rings is 5. The molecule has 0 radical (unpaired) electrons. The molecule has 2 heterocycles. The number of para-hydroxylation sites is 2. The standard InChI is InChI=1S/C39H31N3S/c1-4-33(28-15-7-5-8-16-28)40-38(29-17-9-6-10-18-29)26(2)27(3)42-35-21-13-11-19-31(35)32-24-23-30(25-36(32)42)39-41-34-20-12-14-22-37(34)43-39/h5-25H,3-4H2,1-2H3/b38-26-,40-33+. The molecule has 0 saturated heterocycles. The normalized spacial score (nSPS) is 12.7. The van der Waals surface area contributed by atoms with E-state index in [9.17, 15) is 0 Å². The van der Waals surface area contributed by atoms with Gasteiger partial charge >= 0.3 is 0 Å². The first kappa shape index (κ1) is 26.8. The summed E-state index contributed by atoms with van der Waals surface area (Å²) in [6.07, 6.45) is 0.820. The minimum absolute atomic E-state index is 0.820. The van der Waals surface area contributed by atoms with E-state index in [-0.39, 0.29) is 0 Å². The van der Waals surface area contributed by atoms with Gasteiger partial charge in [-0.1, -0.05) is 117 Å². The van der Waals surface area contributed by atoms with E-state index >= 15 is 0 Å². The van der Waals surface area contributed by atoms with Crippen LogP contribution in [0, 0.1) is 0 Å². The van der Waals surface area contributed by atoms with Gasteiger partial charge in [0.2, 0.25) is 0 Å². The van der Waals surface area contributed by atoms with Crippen LogP contribution in [0.5, 0.6) is 0 Å². The lowest BCUT2D eigenvalue weighted by Gasteiger charge is -2.17. The predicted octanol–water partition coefficient (Wildman–Crippen LogP) is 10.9. The van der Waals surface area contributed by atoms with E-state index in [0.717, 1.165) is 67.3 Å². The van der Waals surface area contributed by atoms with Gasteiger partial charge in [-0.15, -0.1) is 11.3 Å². The highest BCUT2D eigenvalue weighted by molar-refractivity contribution is 7.21. The van der Waals surface area contributed by atoms with Crippen molar-refractivity contribution in [3.05, 3.63) is 151 Å². The number of rotatable bonds is 7. The Labute approximate surface area is 255 Å². The van der Waals surface area contributed by atoms with Gasteiger partial charge in [0.25, 0.3) is 0 Å². The van der Waals surface area contributed by atoms with Crippen molar-refractivity contribution in [2.75, 3.05) is 0 Å². The number of nitrogens with zero attached hydrogens (tertiary/aromatic N) is 3. The van der Waals surface area contributed by atoms with Crippen molar-refractivity contribution >= 4 is 60.5 Å². The summed E-state index contributed by atoms with van der Waals surface area (Å²) in [7, 11) is 0. The molecule has 2 aromatic heterocycles. The lowest BCUT2D eigenvalue weighted by atomic mass is 10.0. The second kappa shape index (κ2) is 11.3. The average molecular weight is 574 g/mol. The Balaban J connectivity index is 1.45. The number of aliphatic imine (C=N–C) groups is 1. The summed E-state index contributed by atoms with van der Waals surface area (Å²) in [6, 6.07) is 44.5. The maximum absolute atomic E-state index is 5.33. The molecule has 5 aromatic carbocycles. The van der Waals surface area contributed by atoms with Crippen LogP contribution in [0.4, 0.5) is 0 Å². The molecule has 7 rings (SSSR count). The van der Waals surface area contributed by atoms with Crippen molar-refractivity contribution in [2.24, 2.45) is 4.99 Å². The summed E-state index contributed by atoms with van der Waals surface area (Å²) in [4.78, 5) is 10.3. The van der Waals surface area contributed by atoms with Gasteiger partial charge in [0, 0.05) is 33.3 Å². The molecule has 0 N–H and O–H groups in total. The van der Waals surface area contributed by atoms with Gasteiger partial charge < -0.3 is 4.57 Å². The van der Waals surface area contributed by atoms with Crippen LogP contribution in [0.3, 0.4) is 0 Å². The number of fused-ring (bicyclic) bond motifs is 4. The first-order chi connectivity index (χ1) is 21.1. The Bertz CT molecular complexity index is 2150. The molecule has 4 heteroatoms. The zero-order valence-corrected chi connectivity index (χ0v) is 25.1. The van der Waals surface area contributed by atoms with Crippen LogP contribution in [-0.4, -0.2) is 15.3 Å². The number of allylic oxidation sites excluding steroid dienone is 2. The highest BCUT2D eigenvalue weighted by atomic mass is 32.1. The molecule has 0 unspecified atom stereocenters. The molecule has 0 saturated carbocycles. The molecule has 0 amide bonds. The van der Waals surface area contributed by atoms with E-state index in [4.69, 9.17) is 16.6 Å². The van der Waals surface area contributed by atoms with Crippen LogP contribution < -0.4 is 0 Å². The lowest BCUT2D eigenvalue weighted by molar-refractivity contribution is 1.20. The fraction of sp³-hybridized carbons (Fsp3) is 0.0769. The summed E-state index contributed by atoms with van der Waals surface area (Å²) in [5.74, 6) is 0. The molecule has 0 aliphatic heterocycles. The summed E-state index contributed by atoms with van der Waals surface area (Å²) in [6.45, 7) is 9.01. The number of hydrogen-bond acceptors (Lipinski definition) is 3. The van der Waals surface area contributed by atoms with Crippen molar-refractivity contribution in [3.8, 4) is 10.6 Å². The van der Waals surface area contributed by atoms with Crippen LogP contribution in [0.15, 0.2) is 145 Å². The topological polar surface area (TPSA) is 30.2 Å². The lowest BCUT2D eigenvalue weighted by Crippen LogP contribution is -2.03. The third kappa shape index (κ3) is 4.90.